The van der Waals surface area contributed by atoms with Crippen LogP contribution in [0.1, 0.15) is 51.3 Å². The minimum Gasteiger partial charge on any atom is -0.352 e. The molecule has 0 aliphatic carbocycles. The number of aromatic nitrogens is 3. The van der Waals surface area contributed by atoms with Crippen LogP contribution in [0.4, 0.5) is 0 Å². The summed E-state index contributed by atoms with van der Waals surface area (Å²) in [5.41, 5.74) is 1.48. The Morgan fingerprint density at radius 2 is 2.04 bits per heavy atom. The predicted octanol–water partition coefficient (Wildman–Crippen LogP) is 2.24. The van der Waals surface area contributed by atoms with E-state index in [9.17, 15) is 9.59 Å². The largest absolute Gasteiger partial charge is 0.352 e. The van der Waals surface area contributed by atoms with E-state index in [0.29, 0.717) is 12.1 Å². The molecule has 0 atom stereocenters. The Kier molecular flexibility index (Phi) is 6.92. The van der Waals surface area contributed by atoms with Crippen LogP contribution in [0.25, 0.3) is 0 Å². The van der Waals surface area contributed by atoms with Gasteiger partial charge in [-0.2, -0.15) is 5.10 Å². The van der Waals surface area contributed by atoms with Crippen molar-refractivity contribution in [3.05, 3.63) is 34.6 Å². The number of hydrogen-bond donors (Lipinski definition) is 2. The summed E-state index contributed by atoms with van der Waals surface area (Å²) in [5, 5.41) is 9.22. The first-order valence-corrected chi connectivity index (χ1v) is 8.80. The summed E-state index contributed by atoms with van der Waals surface area (Å²) in [6, 6.07) is 0. The van der Waals surface area contributed by atoms with E-state index in [-0.39, 0.29) is 11.8 Å². The van der Waals surface area contributed by atoms with E-state index in [2.05, 4.69) is 19.9 Å². The summed E-state index contributed by atoms with van der Waals surface area (Å²) >= 11 is 1.25. The van der Waals surface area contributed by atoms with Crippen LogP contribution in [0.2, 0.25) is 0 Å². The van der Waals surface area contributed by atoms with Gasteiger partial charge in [0, 0.05) is 32.5 Å². The van der Waals surface area contributed by atoms with Crippen molar-refractivity contribution in [1.82, 2.24) is 24.8 Å². The quantitative estimate of drug-likeness (QED) is 0.679. The fraction of sp³-hybridized carbons (Fsp3) is 0.500. The number of aryl methyl sites for hydroxylation is 1. The molecule has 2 aromatic heterocycles. The van der Waals surface area contributed by atoms with Gasteiger partial charge in [-0.1, -0.05) is 12.8 Å². The number of carbonyl (C=O) groups is 2. The fourth-order valence-electron chi connectivity index (χ4n) is 2.28. The van der Waals surface area contributed by atoms with Crippen LogP contribution in [0.15, 0.2) is 18.6 Å². The van der Waals surface area contributed by atoms with Gasteiger partial charge in [-0.15, -0.1) is 0 Å². The number of nitrogens with one attached hydrogen (secondary N) is 2. The lowest BCUT2D eigenvalue weighted by molar-refractivity contribution is 0.0796. The Bertz CT molecular complexity index is 653. The van der Waals surface area contributed by atoms with Crippen LogP contribution in [0.3, 0.4) is 0 Å². The third-order valence-electron chi connectivity index (χ3n) is 3.76. The van der Waals surface area contributed by atoms with Crippen molar-refractivity contribution < 1.29 is 9.59 Å². The summed E-state index contributed by atoms with van der Waals surface area (Å²) in [7, 11) is 1.83. The molecule has 2 amide bonds. The minimum absolute atomic E-state index is 0.0439. The van der Waals surface area contributed by atoms with Crippen LogP contribution < -0.4 is 5.32 Å². The molecule has 0 bridgehead atoms. The zero-order valence-electron chi connectivity index (χ0n) is 14.0. The first kappa shape index (κ1) is 18.1. The Labute approximate surface area is 145 Å². The van der Waals surface area contributed by atoms with Crippen molar-refractivity contribution >= 4 is 23.3 Å². The van der Waals surface area contributed by atoms with E-state index >= 15 is 0 Å². The zero-order chi connectivity index (χ0) is 17.4. The smallest absolute Gasteiger partial charge is 0.265 e. The Hall–Kier alpha value is -2.22. The Morgan fingerprint density at radius 1 is 1.25 bits per heavy atom. The first-order chi connectivity index (χ1) is 11.6. The molecular weight excluding hydrogens is 326 g/mol. The van der Waals surface area contributed by atoms with Crippen molar-refractivity contribution in [2.45, 2.75) is 32.6 Å². The van der Waals surface area contributed by atoms with Gasteiger partial charge in [0.15, 0.2) is 0 Å². The van der Waals surface area contributed by atoms with E-state index in [0.717, 1.165) is 42.7 Å². The molecule has 0 saturated heterocycles. The second kappa shape index (κ2) is 9.17. The SMILES string of the molecule is Cc1cnsc1C(=O)N(C)CCCCCCNC(=O)c1cn[nH]c1. The van der Waals surface area contributed by atoms with E-state index in [1.807, 2.05) is 14.0 Å². The highest BCUT2D eigenvalue weighted by Gasteiger charge is 2.15. The van der Waals surface area contributed by atoms with Crippen LogP contribution in [0.5, 0.6) is 0 Å². The molecule has 0 saturated carbocycles. The maximum atomic E-state index is 12.2. The van der Waals surface area contributed by atoms with Gasteiger partial charge in [0.05, 0.1) is 11.8 Å². The maximum Gasteiger partial charge on any atom is 0.265 e. The second-order valence-electron chi connectivity index (χ2n) is 5.72. The lowest BCUT2D eigenvalue weighted by Gasteiger charge is -2.16. The average molecular weight is 349 g/mol. The lowest BCUT2D eigenvalue weighted by atomic mass is 10.2. The number of nitrogens with zero attached hydrogens (tertiary/aromatic N) is 3. The molecule has 0 aliphatic rings. The van der Waals surface area contributed by atoms with Crippen molar-refractivity contribution in [3.63, 3.8) is 0 Å². The van der Waals surface area contributed by atoms with E-state index in [1.165, 1.54) is 17.7 Å². The molecular formula is C16H23N5O2S. The van der Waals surface area contributed by atoms with Crippen LogP contribution in [0, 0.1) is 6.92 Å². The minimum atomic E-state index is -0.103. The topological polar surface area (TPSA) is 91.0 Å². The molecule has 7 nitrogen and oxygen atoms in total. The summed E-state index contributed by atoms with van der Waals surface area (Å²) < 4.78 is 4.04. The molecule has 0 unspecified atom stereocenters. The number of amides is 2. The van der Waals surface area contributed by atoms with Gasteiger partial charge in [0.1, 0.15) is 4.88 Å². The molecule has 0 aliphatic heterocycles. The van der Waals surface area contributed by atoms with Gasteiger partial charge in [0.2, 0.25) is 0 Å². The van der Waals surface area contributed by atoms with Gasteiger partial charge < -0.3 is 10.2 Å². The van der Waals surface area contributed by atoms with Gasteiger partial charge >= 0.3 is 0 Å². The molecule has 2 rings (SSSR count). The van der Waals surface area contributed by atoms with Crippen molar-refractivity contribution in [3.8, 4) is 0 Å². The normalized spacial score (nSPS) is 10.6. The van der Waals surface area contributed by atoms with E-state index in [1.54, 1.807) is 17.3 Å². The Balaban J connectivity index is 1.54. The average Bonchev–Trinajstić information content (AvgIpc) is 3.24. The maximum absolute atomic E-state index is 12.2. The molecule has 2 N–H and O–H groups in total. The first-order valence-electron chi connectivity index (χ1n) is 8.03. The number of H-pyrrole nitrogens is 1. The van der Waals surface area contributed by atoms with Gasteiger partial charge in [-0.25, -0.2) is 4.37 Å². The molecule has 0 fully saturated rings. The highest BCUT2D eigenvalue weighted by atomic mass is 32.1. The standard InChI is InChI=1S/C16H23N5O2S/c1-12-9-20-24-14(12)16(23)21(2)8-6-4-3-5-7-17-15(22)13-10-18-19-11-13/h9-11H,3-8H2,1-2H3,(H,17,22)(H,18,19). The monoisotopic (exact) mass is 349 g/mol. The molecule has 0 spiro atoms. The Morgan fingerprint density at radius 3 is 2.71 bits per heavy atom. The third-order valence-corrected chi connectivity index (χ3v) is 4.65. The van der Waals surface area contributed by atoms with Crippen molar-refractivity contribution in [2.75, 3.05) is 20.1 Å². The summed E-state index contributed by atoms with van der Waals surface area (Å²) in [4.78, 5) is 26.4. The molecule has 2 heterocycles. The summed E-state index contributed by atoms with van der Waals surface area (Å²) in [6.07, 6.45) is 8.74. The molecule has 24 heavy (non-hydrogen) atoms. The number of hydrogen-bond acceptors (Lipinski definition) is 5. The van der Waals surface area contributed by atoms with E-state index < -0.39 is 0 Å². The highest BCUT2D eigenvalue weighted by molar-refractivity contribution is 7.08. The molecule has 130 valence electrons. The molecule has 8 heteroatoms. The number of rotatable bonds is 9. The van der Waals surface area contributed by atoms with Crippen molar-refractivity contribution in [2.24, 2.45) is 0 Å². The van der Waals surface area contributed by atoms with E-state index in [4.69, 9.17) is 0 Å². The van der Waals surface area contributed by atoms with Crippen molar-refractivity contribution in [1.29, 1.82) is 0 Å². The van der Waals surface area contributed by atoms with Crippen LogP contribution in [-0.2, 0) is 0 Å². The lowest BCUT2D eigenvalue weighted by Crippen LogP contribution is -2.27. The molecule has 0 radical (unpaired) electrons. The van der Waals surface area contributed by atoms with Gasteiger partial charge in [0.25, 0.3) is 11.8 Å². The highest BCUT2D eigenvalue weighted by Crippen LogP contribution is 2.14. The van der Waals surface area contributed by atoms with Crippen LogP contribution in [-0.4, -0.2) is 51.4 Å². The molecule has 0 aromatic carbocycles. The molecule has 2 aromatic rings. The van der Waals surface area contributed by atoms with Crippen LogP contribution >= 0.6 is 11.5 Å². The third kappa shape index (κ3) is 5.16. The second-order valence-corrected chi connectivity index (χ2v) is 6.52. The van der Waals surface area contributed by atoms with Gasteiger partial charge in [-0.3, -0.25) is 14.7 Å². The number of aromatic amines is 1. The summed E-state index contributed by atoms with van der Waals surface area (Å²) in [6.45, 7) is 3.29. The number of carbonyl (C=O) groups excluding carboxylic acids is 2. The number of unbranched alkanes of at least 4 members (excludes halogenated alkanes) is 3. The zero-order valence-corrected chi connectivity index (χ0v) is 14.9. The fourth-order valence-corrected chi connectivity index (χ4v) is 3.02. The van der Waals surface area contributed by atoms with Gasteiger partial charge in [-0.05, 0) is 36.9 Å². The summed E-state index contributed by atoms with van der Waals surface area (Å²) in [5.74, 6) is -0.0589. The predicted molar refractivity (Wildman–Crippen MR) is 93.2 cm³/mol.